The number of benzene rings is 1. The Morgan fingerprint density at radius 3 is 2.48 bits per heavy atom. The highest BCUT2D eigenvalue weighted by Crippen LogP contribution is 2.52. The molecule has 0 aliphatic heterocycles. The molecule has 0 saturated heterocycles. The molecule has 21 heavy (non-hydrogen) atoms. The number of hydrogen-bond acceptors (Lipinski definition) is 2. The van der Waals surface area contributed by atoms with E-state index in [1.165, 1.54) is 18.3 Å². The van der Waals surface area contributed by atoms with Crippen LogP contribution >= 0.6 is 23.2 Å². The van der Waals surface area contributed by atoms with Gasteiger partial charge in [0, 0.05) is 11.6 Å². The molecule has 1 unspecified atom stereocenters. The summed E-state index contributed by atoms with van der Waals surface area (Å²) in [6.07, 6.45) is 3.13. The van der Waals surface area contributed by atoms with Gasteiger partial charge in [0.15, 0.2) is 0 Å². The molecule has 0 radical (unpaired) electrons. The molecule has 110 valence electrons. The summed E-state index contributed by atoms with van der Waals surface area (Å²) in [5.74, 6) is -0.400. The van der Waals surface area contributed by atoms with Gasteiger partial charge in [0.1, 0.15) is 11.9 Å². The third-order valence-corrected chi connectivity index (χ3v) is 5.03. The van der Waals surface area contributed by atoms with Crippen LogP contribution in [0.5, 0.6) is 0 Å². The molecule has 1 aromatic carbocycles. The number of aliphatic hydroxyl groups excluding tert-OH is 1. The normalized spacial score (nSPS) is 18.1. The van der Waals surface area contributed by atoms with Gasteiger partial charge in [0.25, 0.3) is 0 Å². The van der Waals surface area contributed by atoms with Gasteiger partial charge < -0.3 is 5.11 Å². The fourth-order valence-corrected chi connectivity index (χ4v) is 3.24. The van der Waals surface area contributed by atoms with Crippen LogP contribution in [0.1, 0.15) is 36.6 Å². The number of halogens is 3. The van der Waals surface area contributed by atoms with Gasteiger partial charge in [-0.15, -0.1) is 0 Å². The van der Waals surface area contributed by atoms with Crippen molar-refractivity contribution < 1.29 is 9.50 Å². The van der Waals surface area contributed by atoms with E-state index in [0.717, 1.165) is 24.8 Å². The maximum Gasteiger partial charge on any atom is 0.126 e. The van der Waals surface area contributed by atoms with Crippen LogP contribution in [0.25, 0.3) is 0 Å². The van der Waals surface area contributed by atoms with Crippen LogP contribution in [0.15, 0.2) is 36.5 Å². The van der Waals surface area contributed by atoms with E-state index in [9.17, 15) is 9.50 Å². The zero-order valence-electron chi connectivity index (χ0n) is 11.2. The first kappa shape index (κ1) is 14.8. The first-order chi connectivity index (χ1) is 10.0. The summed E-state index contributed by atoms with van der Waals surface area (Å²) in [6.45, 7) is 0. The Morgan fingerprint density at radius 2 is 1.90 bits per heavy atom. The lowest BCUT2D eigenvalue weighted by Gasteiger charge is -2.46. The topological polar surface area (TPSA) is 33.1 Å². The maximum atomic E-state index is 13.4. The molecule has 0 bridgehead atoms. The molecule has 1 aliphatic rings. The zero-order chi connectivity index (χ0) is 15.0. The van der Waals surface area contributed by atoms with Crippen LogP contribution in [-0.4, -0.2) is 10.1 Å². The van der Waals surface area contributed by atoms with Gasteiger partial charge in [0.05, 0.1) is 15.7 Å². The van der Waals surface area contributed by atoms with E-state index >= 15 is 0 Å². The predicted molar refractivity (Wildman–Crippen MR) is 81.1 cm³/mol. The number of aliphatic hydroxyl groups is 1. The third kappa shape index (κ3) is 2.54. The largest absolute Gasteiger partial charge is 0.386 e. The SMILES string of the molecule is OC(c1cc(F)ccn1)C1(c2ccc(Cl)c(Cl)c2)CCC1. The van der Waals surface area contributed by atoms with E-state index in [0.29, 0.717) is 15.7 Å². The molecular formula is C16H14Cl2FNO. The Morgan fingerprint density at radius 1 is 1.14 bits per heavy atom. The maximum absolute atomic E-state index is 13.4. The first-order valence-corrected chi connectivity index (χ1v) is 7.53. The summed E-state index contributed by atoms with van der Waals surface area (Å²) in [6, 6.07) is 7.93. The van der Waals surface area contributed by atoms with E-state index < -0.39 is 17.3 Å². The van der Waals surface area contributed by atoms with E-state index in [4.69, 9.17) is 23.2 Å². The molecule has 5 heteroatoms. The van der Waals surface area contributed by atoms with Crippen molar-refractivity contribution in [3.05, 3.63) is 63.6 Å². The second kappa shape index (κ2) is 5.56. The Balaban J connectivity index is 2.01. The van der Waals surface area contributed by atoms with Crippen molar-refractivity contribution in [2.45, 2.75) is 30.8 Å². The van der Waals surface area contributed by atoms with Gasteiger partial charge in [-0.05, 0) is 42.7 Å². The monoisotopic (exact) mass is 325 g/mol. The van der Waals surface area contributed by atoms with Crippen molar-refractivity contribution in [2.75, 3.05) is 0 Å². The molecule has 0 amide bonds. The Bertz CT molecular complexity index is 673. The van der Waals surface area contributed by atoms with E-state index in [-0.39, 0.29) is 0 Å². The lowest BCUT2D eigenvalue weighted by atomic mass is 9.60. The van der Waals surface area contributed by atoms with Gasteiger partial charge >= 0.3 is 0 Å². The number of nitrogens with zero attached hydrogens (tertiary/aromatic N) is 1. The second-order valence-electron chi connectivity index (χ2n) is 5.44. The molecule has 2 nitrogen and oxygen atoms in total. The molecule has 1 atom stereocenters. The number of aromatic nitrogens is 1. The number of hydrogen-bond donors (Lipinski definition) is 1. The van der Waals surface area contributed by atoms with E-state index in [1.807, 2.05) is 6.07 Å². The molecule has 1 aromatic heterocycles. The molecule has 1 fully saturated rings. The van der Waals surface area contributed by atoms with Crippen LogP contribution in [0, 0.1) is 5.82 Å². The molecule has 1 N–H and O–H groups in total. The molecule has 0 spiro atoms. The smallest absolute Gasteiger partial charge is 0.126 e. The van der Waals surface area contributed by atoms with E-state index in [1.54, 1.807) is 12.1 Å². The van der Waals surface area contributed by atoms with Gasteiger partial charge in [0.2, 0.25) is 0 Å². The van der Waals surface area contributed by atoms with Crippen LogP contribution in [0.3, 0.4) is 0 Å². The Labute approximate surface area is 132 Å². The third-order valence-electron chi connectivity index (χ3n) is 4.29. The van der Waals surface area contributed by atoms with Gasteiger partial charge in [-0.2, -0.15) is 0 Å². The molecule has 1 aliphatic carbocycles. The Kier molecular flexibility index (Phi) is 3.91. The van der Waals surface area contributed by atoms with Crippen LogP contribution < -0.4 is 0 Å². The average molecular weight is 326 g/mol. The number of rotatable bonds is 3. The summed E-state index contributed by atoms with van der Waals surface area (Å²) in [5.41, 5.74) is 0.803. The predicted octanol–water partition coefficient (Wildman–Crippen LogP) is 4.68. The minimum Gasteiger partial charge on any atom is -0.386 e. The highest BCUT2D eigenvalue weighted by molar-refractivity contribution is 6.42. The highest BCUT2D eigenvalue weighted by Gasteiger charge is 2.46. The summed E-state index contributed by atoms with van der Waals surface area (Å²) >= 11 is 12.0. The van der Waals surface area contributed by atoms with Crippen molar-refractivity contribution in [3.8, 4) is 0 Å². The lowest BCUT2D eigenvalue weighted by Crippen LogP contribution is -2.40. The van der Waals surface area contributed by atoms with Crippen molar-refractivity contribution in [1.82, 2.24) is 4.98 Å². The summed E-state index contributed by atoms with van der Waals surface area (Å²) in [7, 11) is 0. The quantitative estimate of drug-likeness (QED) is 0.888. The molecule has 3 rings (SSSR count). The standard InChI is InChI=1S/C16H14Cl2FNO/c17-12-3-2-10(8-13(12)18)16(5-1-6-16)15(21)14-9-11(19)4-7-20-14/h2-4,7-9,15,21H,1,5-6H2. The molecule has 2 aromatic rings. The van der Waals surface area contributed by atoms with Gasteiger partial charge in [-0.1, -0.05) is 35.7 Å². The summed E-state index contributed by atoms with van der Waals surface area (Å²) < 4.78 is 13.4. The van der Waals surface area contributed by atoms with Crippen LogP contribution in [-0.2, 0) is 5.41 Å². The first-order valence-electron chi connectivity index (χ1n) is 6.78. The van der Waals surface area contributed by atoms with Crippen molar-refractivity contribution in [1.29, 1.82) is 0 Å². The van der Waals surface area contributed by atoms with E-state index in [2.05, 4.69) is 4.98 Å². The van der Waals surface area contributed by atoms with Crippen LogP contribution in [0.4, 0.5) is 4.39 Å². The second-order valence-corrected chi connectivity index (χ2v) is 6.25. The fraction of sp³-hybridized carbons (Fsp3) is 0.312. The Hall–Kier alpha value is -1.16. The van der Waals surface area contributed by atoms with Gasteiger partial charge in [-0.25, -0.2) is 4.39 Å². The van der Waals surface area contributed by atoms with Crippen molar-refractivity contribution in [2.24, 2.45) is 0 Å². The minimum atomic E-state index is -0.862. The highest BCUT2D eigenvalue weighted by atomic mass is 35.5. The van der Waals surface area contributed by atoms with Crippen LogP contribution in [0.2, 0.25) is 10.0 Å². The molecule has 1 heterocycles. The fourth-order valence-electron chi connectivity index (χ4n) is 2.94. The minimum absolute atomic E-state index is 0.348. The zero-order valence-corrected chi connectivity index (χ0v) is 12.7. The summed E-state index contributed by atoms with van der Waals surface area (Å²) in [4.78, 5) is 4.10. The van der Waals surface area contributed by atoms with Crippen molar-refractivity contribution in [3.63, 3.8) is 0 Å². The van der Waals surface area contributed by atoms with Crippen molar-refractivity contribution >= 4 is 23.2 Å². The lowest BCUT2D eigenvalue weighted by molar-refractivity contribution is 0.0236. The summed E-state index contributed by atoms with van der Waals surface area (Å²) in [5, 5.41) is 11.7. The average Bonchev–Trinajstić information content (AvgIpc) is 2.41. The van der Waals surface area contributed by atoms with Gasteiger partial charge in [-0.3, -0.25) is 4.98 Å². The number of pyridine rings is 1. The molecular weight excluding hydrogens is 312 g/mol. The molecule has 1 saturated carbocycles.